The Balaban J connectivity index is 1.65. The first kappa shape index (κ1) is 16.1. The molecule has 0 radical (unpaired) electrons. The van der Waals surface area contributed by atoms with Gasteiger partial charge in [0.2, 0.25) is 0 Å². The summed E-state index contributed by atoms with van der Waals surface area (Å²) in [5.41, 5.74) is 0.911. The number of rotatable bonds is 2. The van der Waals surface area contributed by atoms with Gasteiger partial charge in [-0.05, 0) is 75.1 Å². The van der Waals surface area contributed by atoms with E-state index in [-0.39, 0.29) is 6.09 Å². The van der Waals surface area contributed by atoms with E-state index in [0.29, 0.717) is 23.8 Å². The molecule has 3 rings (SSSR count). The fraction of sp³-hybridized carbons (Fsp3) is 0.750. The minimum absolute atomic E-state index is 0.176. The van der Waals surface area contributed by atoms with Crippen molar-refractivity contribution in [2.24, 2.45) is 11.8 Å². The Morgan fingerprint density at radius 3 is 2.45 bits per heavy atom. The summed E-state index contributed by atoms with van der Waals surface area (Å²) in [6, 6.07) is 2.57. The average Bonchev–Trinajstić information content (AvgIpc) is 2.74. The van der Waals surface area contributed by atoms with Crippen molar-refractivity contribution in [3.8, 4) is 0 Å². The number of fused-ring (bicyclic) bond motifs is 1. The smallest absolute Gasteiger partial charge is 0.410 e. The SMILES string of the molecule is CC(C)n1nc(I)cc1[C@H]1[C@@H]2CN(C(=O)OC(C)(C)C)C[C@@H]21. The molecule has 1 amide bonds. The van der Waals surface area contributed by atoms with Gasteiger partial charge in [0, 0.05) is 30.7 Å². The van der Waals surface area contributed by atoms with Crippen LogP contribution >= 0.6 is 22.6 Å². The van der Waals surface area contributed by atoms with Gasteiger partial charge in [0.15, 0.2) is 0 Å². The van der Waals surface area contributed by atoms with Crippen LogP contribution in [-0.2, 0) is 4.74 Å². The lowest BCUT2D eigenvalue weighted by atomic mass is 10.2. The normalized spacial score (nSPS) is 27.2. The molecule has 1 aromatic heterocycles. The van der Waals surface area contributed by atoms with Crippen LogP contribution in [0.5, 0.6) is 0 Å². The molecular weight excluding hydrogens is 393 g/mol. The lowest BCUT2D eigenvalue weighted by molar-refractivity contribution is 0.0270. The monoisotopic (exact) mass is 417 g/mol. The highest BCUT2D eigenvalue weighted by Crippen LogP contribution is 2.58. The highest BCUT2D eigenvalue weighted by molar-refractivity contribution is 14.1. The molecule has 1 aliphatic heterocycles. The van der Waals surface area contributed by atoms with Crippen molar-refractivity contribution in [3.63, 3.8) is 0 Å². The predicted octanol–water partition coefficient (Wildman–Crippen LogP) is 3.65. The zero-order valence-corrected chi connectivity index (χ0v) is 16.0. The molecule has 1 aliphatic carbocycles. The van der Waals surface area contributed by atoms with Gasteiger partial charge in [0.25, 0.3) is 0 Å². The Bertz CT molecular complexity index is 579. The largest absolute Gasteiger partial charge is 0.444 e. The molecule has 122 valence electrons. The van der Waals surface area contributed by atoms with Gasteiger partial charge in [-0.1, -0.05) is 0 Å². The number of aromatic nitrogens is 2. The lowest BCUT2D eigenvalue weighted by Gasteiger charge is -2.26. The summed E-state index contributed by atoms with van der Waals surface area (Å²) in [7, 11) is 0. The van der Waals surface area contributed by atoms with Crippen LogP contribution in [0.1, 0.15) is 52.3 Å². The third kappa shape index (κ3) is 2.98. The molecule has 0 aromatic carbocycles. The van der Waals surface area contributed by atoms with Crippen LogP contribution in [0, 0.1) is 15.5 Å². The van der Waals surface area contributed by atoms with Crippen molar-refractivity contribution in [1.29, 1.82) is 0 Å². The Morgan fingerprint density at radius 1 is 1.36 bits per heavy atom. The van der Waals surface area contributed by atoms with Crippen molar-refractivity contribution in [1.82, 2.24) is 14.7 Å². The number of nitrogens with zero attached hydrogens (tertiary/aromatic N) is 3. The fourth-order valence-corrected chi connectivity index (χ4v) is 4.03. The molecular formula is C16H24IN3O2. The second-order valence-electron chi connectivity index (χ2n) is 7.67. The van der Waals surface area contributed by atoms with Crippen LogP contribution in [0.2, 0.25) is 0 Å². The van der Waals surface area contributed by atoms with E-state index in [1.54, 1.807) is 0 Å². The maximum Gasteiger partial charge on any atom is 0.410 e. The summed E-state index contributed by atoms with van der Waals surface area (Å²) in [4.78, 5) is 14.0. The summed E-state index contributed by atoms with van der Waals surface area (Å²) in [5, 5.41) is 4.60. The number of carbonyl (C=O) groups is 1. The number of likely N-dealkylation sites (tertiary alicyclic amines) is 1. The fourth-order valence-electron chi connectivity index (χ4n) is 3.48. The lowest BCUT2D eigenvalue weighted by Crippen LogP contribution is -2.37. The van der Waals surface area contributed by atoms with E-state index < -0.39 is 5.60 Å². The van der Waals surface area contributed by atoms with E-state index in [1.165, 1.54) is 5.69 Å². The number of piperidine rings is 1. The quantitative estimate of drug-likeness (QED) is 0.691. The molecule has 5 nitrogen and oxygen atoms in total. The summed E-state index contributed by atoms with van der Waals surface area (Å²) < 4.78 is 8.66. The Kier molecular flexibility index (Phi) is 3.94. The third-order valence-electron chi connectivity index (χ3n) is 4.41. The number of hydrogen-bond acceptors (Lipinski definition) is 3. The van der Waals surface area contributed by atoms with Gasteiger partial charge in [-0.15, -0.1) is 0 Å². The van der Waals surface area contributed by atoms with Crippen molar-refractivity contribution in [3.05, 3.63) is 15.5 Å². The van der Waals surface area contributed by atoms with E-state index in [4.69, 9.17) is 4.74 Å². The molecule has 0 N–H and O–H groups in total. The molecule has 22 heavy (non-hydrogen) atoms. The zero-order chi connectivity index (χ0) is 16.2. The van der Waals surface area contributed by atoms with Gasteiger partial charge >= 0.3 is 6.09 Å². The van der Waals surface area contributed by atoms with E-state index >= 15 is 0 Å². The summed E-state index contributed by atoms with van der Waals surface area (Å²) in [6.07, 6.45) is -0.176. The molecule has 2 heterocycles. The Hall–Kier alpha value is -0.790. The molecule has 0 spiro atoms. The highest BCUT2D eigenvalue weighted by atomic mass is 127. The van der Waals surface area contributed by atoms with E-state index in [9.17, 15) is 4.79 Å². The first-order chi connectivity index (χ1) is 10.2. The van der Waals surface area contributed by atoms with Crippen molar-refractivity contribution >= 4 is 28.7 Å². The first-order valence-corrected chi connectivity index (χ1v) is 8.98. The van der Waals surface area contributed by atoms with Crippen LogP contribution in [0.25, 0.3) is 0 Å². The minimum Gasteiger partial charge on any atom is -0.444 e. The standard InChI is InChI=1S/C16H24IN3O2/c1-9(2)20-12(6-13(17)18-20)14-10-7-19(8-11(10)14)15(21)22-16(3,4)5/h6,9-11,14H,7-8H2,1-5H3/t10-,11+,14+. The maximum atomic E-state index is 12.1. The topological polar surface area (TPSA) is 47.4 Å². The average molecular weight is 417 g/mol. The van der Waals surface area contributed by atoms with Gasteiger partial charge in [-0.2, -0.15) is 5.10 Å². The molecule has 3 atom stereocenters. The van der Waals surface area contributed by atoms with Crippen LogP contribution in [-0.4, -0.2) is 39.5 Å². The number of halogens is 1. The van der Waals surface area contributed by atoms with Crippen LogP contribution < -0.4 is 0 Å². The summed E-state index contributed by atoms with van der Waals surface area (Å²) in [5.74, 6) is 1.69. The number of hydrogen-bond donors (Lipinski definition) is 0. The van der Waals surface area contributed by atoms with E-state index in [2.05, 4.69) is 52.3 Å². The van der Waals surface area contributed by atoms with Gasteiger partial charge in [0.05, 0.1) is 0 Å². The predicted molar refractivity (Wildman–Crippen MR) is 92.9 cm³/mol. The Labute approximate surface area is 145 Å². The third-order valence-corrected chi connectivity index (χ3v) is 4.94. The summed E-state index contributed by atoms with van der Waals surface area (Å²) in [6.45, 7) is 11.7. The Morgan fingerprint density at radius 2 is 1.95 bits per heavy atom. The number of ether oxygens (including phenoxy) is 1. The van der Waals surface area contributed by atoms with Crippen molar-refractivity contribution < 1.29 is 9.53 Å². The van der Waals surface area contributed by atoms with E-state index in [1.807, 2.05) is 25.7 Å². The van der Waals surface area contributed by atoms with Gasteiger partial charge < -0.3 is 9.64 Å². The molecule has 0 unspecified atom stereocenters. The maximum absolute atomic E-state index is 12.1. The van der Waals surface area contributed by atoms with Crippen molar-refractivity contribution in [2.45, 2.75) is 52.2 Å². The van der Waals surface area contributed by atoms with E-state index in [0.717, 1.165) is 16.8 Å². The zero-order valence-electron chi connectivity index (χ0n) is 13.8. The molecule has 0 bridgehead atoms. The van der Waals surface area contributed by atoms with Crippen LogP contribution in [0.3, 0.4) is 0 Å². The number of carbonyl (C=O) groups excluding carboxylic acids is 1. The summed E-state index contributed by atoms with van der Waals surface area (Å²) >= 11 is 2.28. The van der Waals surface area contributed by atoms with Gasteiger partial charge in [-0.25, -0.2) is 4.79 Å². The second kappa shape index (κ2) is 5.39. The molecule has 2 aliphatic rings. The van der Waals surface area contributed by atoms with Gasteiger partial charge in [-0.3, -0.25) is 4.68 Å². The van der Waals surface area contributed by atoms with Crippen LogP contribution in [0.4, 0.5) is 4.79 Å². The highest BCUT2D eigenvalue weighted by Gasteiger charge is 2.59. The molecule has 6 heteroatoms. The molecule has 1 saturated heterocycles. The van der Waals surface area contributed by atoms with Gasteiger partial charge in [0.1, 0.15) is 9.30 Å². The molecule has 1 saturated carbocycles. The minimum atomic E-state index is -0.421. The van der Waals surface area contributed by atoms with Crippen molar-refractivity contribution in [2.75, 3.05) is 13.1 Å². The molecule has 1 aromatic rings. The first-order valence-electron chi connectivity index (χ1n) is 7.90. The molecule has 2 fully saturated rings. The van der Waals surface area contributed by atoms with Crippen LogP contribution in [0.15, 0.2) is 6.07 Å². The number of amides is 1. The second-order valence-corrected chi connectivity index (χ2v) is 8.77.